The number of hydrogen-bond donors (Lipinski definition) is 1. The van der Waals surface area contributed by atoms with Crippen LogP contribution in [0, 0.1) is 5.41 Å². The summed E-state index contributed by atoms with van der Waals surface area (Å²) in [7, 11) is 0. The molecule has 0 aromatic rings. The summed E-state index contributed by atoms with van der Waals surface area (Å²) in [5, 5.41) is 0. The molecule has 3 fully saturated rings. The van der Waals surface area contributed by atoms with Crippen molar-refractivity contribution in [3.63, 3.8) is 0 Å². The van der Waals surface area contributed by atoms with Crippen molar-refractivity contribution < 1.29 is 4.74 Å². The summed E-state index contributed by atoms with van der Waals surface area (Å²) in [4.78, 5) is 0. The van der Waals surface area contributed by atoms with Crippen LogP contribution in [0.1, 0.15) is 90.9 Å². The molecule has 1 atom stereocenters. The Hall–Kier alpha value is -0.0800. The largest absolute Gasteiger partial charge is 0.372 e. The van der Waals surface area contributed by atoms with Crippen molar-refractivity contribution in [3.8, 4) is 0 Å². The van der Waals surface area contributed by atoms with E-state index < -0.39 is 0 Å². The van der Waals surface area contributed by atoms with Gasteiger partial charge in [0, 0.05) is 5.54 Å². The molecule has 2 saturated carbocycles. The first-order valence-corrected chi connectivity index (χ1v) is 8.87. The molecule has 0 bridgehead atoms. The Bertz CT molecular complexity index is 333. The van der Waals surface area contributed by atoms with Crippen molar-refractivity contribution >= 4 is 0 Å². The molecule has 0 aromatic carbocycles. The minimum absolute atomic E-state index is 0.0559. The van der Waals surface area contributed by atoms with E-state index in [1.54, 1.807) is 0 Å². The predicted molar refractivity (Wildman–Crippen MR) is 83.7 cm³/mol. The molecule has 3 rings (SSSR count). The molecule has 0 amide bonds. The maximum Gasteiger partial charge on any atom is 0.0687 e. The van der Waals surface area contributed by atoms with Crippen LogP contribution in [0.4, 0.5) is 0 Å². The van der Waals surface area contributed by atoms with E-state index in [0.717, 1.165) is 6.42 Å². The Morgan fingerprint density at radius 2 is 1.55 bits per heavy atom. The maximum atomic E-state index is 6.70. The van der Waals surface area contributed by atoms with Crippen LogP contribution in [-0.2, 0) is 4.74 Å². The topological polar surface area (TPSA) is 35.2 Å². The quantitative estimate of drug-likeness (QED) is 0.804. The molecule has 2 N–H and O–H groups in total. The van der Waals surface area contributed by atoms with Crippen molar-refractivity contribution in [2.75, 3.05) is 0 Å². The number of nitrogens with two attached hydrogens (primary N) is 1. The summed E-state index contributed by atoms with van der Waals surface area (Å²) in [6.45, 7) is 4.77. The van der Waals surface area contributed by atoms with Crippen LogP contribution in [0.2, 0.25) is 0 Å². The Balaban J connectivity index is 1.54. The Morgan fingerprint density at radius 1 is 0.900 bits per heavy atom. The molecule has 1 aliphatic heterocycles. The molecule has 116 valence electrons. The number of rotatable bonds is 2. The van der Waals surface area contributed by atoms with Gasteiger partial charge in [0.15, 0.2) is 0 Å². The van der Waals surface area contributed by atoms with Crippen molar-refractivity contribution in [2.45, 2.75) is 108 Å². The molecule has 1 saturated heterocycles. The lowest BCUT2D eigenvalue weighted by molar-refractivity contribution is -0.0741. The second kappa shape index (κ2) is 5.28. The van der Waals surface area contributed by atoms with Crippen LogP contribution in [0.5, 0.6) is 0 Å². The third kappa shape index (κ3) is 3.22. The van der Waals surface area contributed by atoms with Gasteiger partial charge in [-0.1, -0.05) is 33.1 Å². The zero-order valence-electron chi connectivity index (χ0n) is 13.5. The summed E-state index contributed by atoms with van der Waals surface area (Å²) in [6.07, 6.45) is 15.8. The highest BCUT2D eigenvalue weighted by Crippen LogP contribution is 2.46. The van der Waals surface area contributed by atoms with E-state index in [2.05, 4.69) is 13.8 Å². The van der Waals surface area contributed by atoms with Gasteiger partial charge in [-0.2, -0.15) is 0 Å². The van der Waals surface area contributed by atoms with Crippen molar-refractivity contribution in [3.05, 3.63) is 0 Å². The van der Waals surface area contributed by atoms with Gasteiger partial charge in [0.05, 0.1) is 11.7 Å². The first-order valence-electron chi connectivity index (χ1n) is 8.87. The minimum Gasteiger partial charge on any atom is -0.372 e. The SMILES string of the molecule is CC1(C)CCC(N)(CC2CCC3(CCCCC3)O2)CC1. The highest BCUT2D eigenvalue weighted by Gasteiger charge is 2.44. The van der Waals surface area contributed by atoms with Gasteiger partial charge in [0.2, 0.25) is 0 Å². The summed E-state index contributed by atoms with van der Waals surface area (Å²) in [5.74, 6) is 0. The fourth-order valence-corrected chi connectivity index (χ4v) is 4.69. The standard InChI is InChI=1S/C18H33NO/c1-16(2)10-12-17(19,13-11-16)14-15-6-9-18(20-15)7-4-3-5-8-18/h15H,3-14,19H2,1-2H3. The van der Waals surface area contributed by atoms with Crippen LogP contribution < -0.4 is 5.73 Å². The van der Waals surface area contributed by atoms with E-state index in [-0.39, 0.29) is 11.1 Å². The fraction of sp³-hybridized carbons (Fsp3) is 1.00. The zero-order valence-corrected chi connectivity index (χ0v) is 13.5. The molecule has 1 heterocycles. The van der Waals surface area contributed by atoms with E-state index in [4.69, 9.17) is 10.5 Å². The van der Waals surface area contributed by atoms with Crippen molar-refractivity contribution in [2.24, 2.45) is 11.1 Å². The summed E-state index contributed by atoms with van der Waals surface area (Å²) in [5.41, 5.74) is 7.52. The third-order valence-electron chi connectivity index (χ3n) is 6.34. The first-order chi connectivity index (χ1) is 9.41. The zero-order chi connectivity index (χ0) is 14.3. The Labute approximate surface area is 124 Å². The number of hydrogen-bond acceptors (Lipinski definition) is 2. The fourth-order valence-electron chi connectivity index (χ4n) is 4.69. The van der Waals surface area contributed by atoms with Gasteiger partial charge in [0.1, 0.15) is 0 Å². The van der Waals surface area contributed by atoms with Crippen molar-refractivity contribution in [1.29, 1.82) is 0 Å². The van der Waals surface area contributed by atoms with E-state index in [1.807, 2.05) is 0 Å². The van der Waals surface area contributed by atoms with E-state index >= 15 is 0 Å². The van der Waals surface area contributed by atoms with Crippen LogP contribution in [0.15, 0.2) is 0 Å². The van der Waals surface area contributed by atoms with Gasteiger partial charge in [-0.15, -0.1) is 0 Å². The lowest BCUT2D eigenvalue weighted by Gasteiger charge is -2.43. The second-order valence-electron chi connectivity index (χ2n) is 8.75. The highest BCUT2D eigenvalue weighted by molar-refractivity contribution is 4.98. The van der Waals surface area contributed by atoms with Gasteiger partial charge in [-0.05, 0) is 63.2 Å². The maximum absolute atomic E-state index is 6.70. The smallest absolute Gasteiger partial charge is 0.0687 e. The molecule has 2 aliphatic carbocycles. The Morgan fingerprint density at radius 3 is 2.20 bits per heavy atom. The van der Waals surface area contributed by atoms with Crippen molar-refractivity contribution in [1.82, 2.24) is 0 Å². The lowest BCUT2D eigenvalue weighted by Crippen LogP contribution is -2.47. The molecular weight excluding hydrogens is 246 g/mol. The van der Waals surface area contributed by atoms with Crippen LogP contribution in [0.3, 0.4) is 0 Å². The average Bonchev–Trinajstić information content (AvgIpc) is 2.77. The number of ether oxygens (including phenoxy) is 1. The monoisotopic (exact) mass is 279 g/mol. The molecule has 3 aliphatic rings. The van der Waals surface area contributed by atoms with Gasteiger partial charge < -0.3 is 10.5 Å². The van der Waals surface area contributed by atoms with Crippen LogP contribution in [-0.4, -0.2) is 17.2 Å². The normalized spacial score (nSPS) is 35.2. The molecule has 1 unspecified atom stereocenters. The third-order valence-corrected chi connectivity index (χ3v) is 6.34. The van der Waals surface area contributed by atoms with Gasteiger partial charge in [-0.3, -0.25) is 0 Å². The summed E-state index contributed by atoms with van der Waals surface area (Å²) < 4.78 is 6.53. The molecule has 2 heteroatoms. The van der Waals surface area contributed by atoms with Crippen LogP contribution >= 0.6 is 0 Å². The van der Waals surface area contributed by atoms with E-state index in [0.29, 0.717) is 11.5 Å². The molecule has 20 heavy (non-hydrogen) atoms. The van der Waals surface area contributed by atoms with Gasteiger partial charge in [0.25, 0.3) is 0 Å². The molecule has 2 nitrogen and oxygen atoms in total. The second-order valence-corrected chi connectivity index (χ2v) is 8.75. The molecule has 0 radical (unpaired) electrons. The predicted octanol–water partition coefficient (Wildman–Crippen LogP) is 4.56. The summed E-state index contributed by atoms with van der Waals surface area (Å²) >= 11 is 0. The molecule has 1 spiro atoms. The molecule has 0 aromatic heterocycles. The van der Waals surface area contributed by atoms with Crippen LogP contribution in [0.25, 0.3) is 0 Å². The Kier molecular flexibility index (Phi) is 3.92. The first kappa shape index (κ1) is 14.8. The van der Waals surface area contributed by atoms with Gasteiger partial charge in [-0.25, -0.2) is 0 Å². The lowest BCUT2D eigenvalue weighted by atomic mass is 9.68. The summed E-state index contributed by atoms with van der Waals surface area (Å²) in [6, 6.07) is 0. The highest BCUT2D eigenvalue weighted by atomic mass is 16.5. The average molecular weight is 279 g/mol. The van der Waals surface area contributed by atoms with Gasteiger partial charge >= 0.3 is 0 Å². The van der Waals surface area contributed by atoms with E-state index in [9.17, 15) is 0 Å². The molecular formula is C18H33NO. The minimum atomic E-state index is 0.0559. The van der Waals surface area contributed by atoms with E-state index in [1.165, 1.54) is 70.6 Å².